The van der Waals surface area contributed by atoms with Crippen molar-refractivity contribution in [3.8, 4) is 5.75 Å². The molecular formula is C22H19ClN2O. The first-order valence-electron chi connectivity index (χ1n) is 8.56. The molecule has 0 saturated heterocycles. The van der Waals surface area contributed by atoms with E-state index in [1.54, 1.807) is 7.11 Å². The summed E-state index contributed by atoms with van der Waals surface area (Å²) in [5.74, 6) is 0.839. The van der Waals surface area contributed by atoms with E-state index in [-0.39, 0.29) is 6.04 Å². The van der Waals surface area contributed by atoms with Crippen LogP contribution in [0, 0.1) is 0 Å². The fourth-order valence-electron chi connectivity index (χ4n) is 3.25. The number of halogens is 1. The Morgan fingerprint density at radius 3 is 2.46 bits per heavy atom. The number of rotatable bonds is 4. The van der Waals surface area contributed by atoms with Crippen LogP contribution in [0.1, 0.15) is 23.6 Å². The maximum atomic E-state index is 6.07. The Labute approximate surface area is 158 Å². The van der Waals surface area contributed by atoms with Crippen molar-refractivity contribution in [2.45, 2.75) is 12.5 Å². The fraction of sp³-hybridized carbons (Fsp3) is 0.136. The largest absolute Gasteiger partial charge is 0.497 e. The molecule has 1 aliphatic heterocycles. The van der Waals surface area contributed by atoms with Crippen LogP contribution in [0.2, 0.25) is 5.02 Å². The molecule has 0 spiro atoms. The van der Waals surface area contributed by atoms with Crippen LogP contribution in [0.4, 0.5) is 5.69 Å². The second-order valence-corrected chi connectivity index (χ2v) is 6.67. The molecule has 1 atom stereocenters. The van der Waals surface area contributed by atoms with Gasteiger partial charge in [-0.15, -0.1) is 0 Å². The Kier molecular flexibility index (Phi) is 4.63. The Morgan fingerprint density at radius 2 is 1.73 bits per heavy atom. The number of hydrogen-bond donors (Lipinski definition) is 0. The highest BCUT2D eigenvalue weighted by Gasteiger charge is 2.29. The van der Waals surface area contributed by atoms with E-state index in [4.69, 9.17) is 21.4 Å². The van der Waals surface area contributed by atoms with E-state index in [0.29, 0.717) is 0 Å². The topological polar surface area (TPSA) is 24.8 Å². The van der Waals surface area contributed by atoms with Crippen molar-refractivity contribution < 1.29 is 4.74 Å². The summed E-state index contributed by atoms with van der Waals surface area (Å²) in [6.45, 7) is 0. The molecule has 0 N–H and O–H groups in total. The molecule has 1 unspecified atom stereocenters. The lowest BCUT2D eigenvalue weighted by molar-refractivity contribution is 0.414. The average Bonchev–Trinajstić information content (AvgIpc) is 3.15. The Balaban J connectivity index is 1.74. The maximum Gasteiger partial charge on any atom is 0.119 e. The Morgan fingerprint density at radius 1 is 0.962 bits per heavy atom. The number of nitrogens with zero attached hydrogens (tertiary/aromatic N) is 2. The van der Waals surface area contributed by atoms with Crippen LogP contribution >= 0.6 is 11.6 Å². The number of hydrazone groups is 1. The third-order valence-electron chi connectivity index (χ3n) is 4.59. The number of para-hydroxylation sites is 1. The SMILES string of the molecule is COc1cccc(C2=NN(c3ccccc3)C(c3ccc(Cl)cc3)C2)c1. The second-order valence-electron chi connectivity index (χ2n) is 6.23. The fourth-order valence-corrected chi connectivity index (χ4v) is 3.38. The molecule has 1 heterocycles. The van der Waals surface area contributed by atoms with Gasteiger partial charge in [0.15, 0.2) is 0 Å². The zero-order chi connectivity index (χ0) is 17.9. The highest BCUT2D eigenvalue weighted by molar-refractivity contribution is 6.30. The summed E-state index contributed by atoms with van der Waals surface area (Å²) in [4.78, 5) is 0. The molecule has 0 amide bonds. The molecular weight excluding hydrogens is 344 g/mol. The first kappa shape index (κ1) is 16.7. The first-order chi connectivity index (χ1) is 12.7. The monoisotopic (exact) mass is 362 g/mol. The van der Waals surface area contributed by atoms with Crippen LogP contribution in [-0.4, -0.2) is 12.8 Å². The van der Waals surface area contributed by atoms with Crippen LogP contribution in [0.5, 0.6) is 5.75 Å². The summed E-state index contributed by atoms with van der Waals surface area (Å²) < 4.78 is 5.37. The molecule has 4 heteroatoms. The Bertz CT molecular complexity index is 922. The van der Waals surface area contributed by atoms with Crippen LogP contribution in [0.25, 0.3) is 0 Å². The minimum absolute atomic E-state index is 0.135. The number of benzene rings is 3. The van der Waals surface area contributed by atoms with Gasteiger partial charge in [-0.25, -0.2) is 0 Å². The molecule has 0 bridgehead atoms. The van der Waals surface area contributed by atoms with Crippen molar-refractivity contribution in [1.29, 1.82) is 0 Å². The molecule has 3 aromatic carbocycles. The zero-order valence-corrected chi connectivity index (χ0v) is 15.2. The van der Waals surface area contributed by atoms with E-state index in [1.165, 1.54) is 5.56 Å². The molecule has 0 radical (unpaired) electrons. The van der Waals surface area contributed by atoms with Crippen LogP contribution in [0.15, 0.2) is 84.0 Å². The predicted molar refractivity (Wildman–Crippen MR) is 107 cm³/mol. The zero-order valence-electron chi connectivity index (χ0n) is 14.5. The third-order valence-corrected chi connectivity index (χ3v) is 4.84. The quantitative estimate of drug-likeness (QED) is 0.594. The molecule has 0 fully saturated rings. The molecule has 26 heavy (non-hydrogen) atoms. The Hall–Kier alpha value is -2.78. The van der Waals surface area contributed by atoms with Gasteiger partial charge >= 0.3 is 0 Å². The molecule has 3 nitrogen and oxygen atoms in total. The molecule has 0 aliphatic carbocycles. The van der Waals surface area contributed by atoms with Crippen molar-refractivity contribution in [2.24, 2.45) is 5.10 Å². The number of anilines is 1. The minimum atomic E-state index is 0.135. The van der Waals surface area contributed by atoms with Gasteiger partial charge in [-0.05, 0) is 42.0 Å². The highest BCUT2D eigenvalue weighted by atomic mass is 35.5. The van der Waals surface area contributed by atoms with Gasteiger partial charge in [-0.2, -0.15) is 5.10 Å². The molecule has 1 aliphatic rings. The van der Waals surface area contributed by atoms with Gasteiger partial charge in [0.05, 0.1) is 24.6 Å². The van der Waals surface area contributed by atoms with E-state index >= 15 is 0 Å². The van der Waals surface area contributed by atoms with Crippen LogP contribution < -0.4 is 9.75 Å². The number of ether oxygens (including phenoxy) is 1. The second kappa shape index (κ2) is 7.22. The van der Waals surface area contributed by atoms with Gasteiger partial charge in [-0.1, -0.05) is 54.1 Å². The molecule has 130 valence electrons. The summed E-state index contributed by atoms with van der Waals surface area (Å²) in [6, 6.07) is 26.5. The summed E-state index contributed by atoms with van der Waals surface area (Å²) >= 11 is 6.07. The maximum absolute atomic E-state index is 6.07. The predicted octanol–water partition coefficient (Wildman–Crippen LogP) is 5.70. The van der Waals surface area contributed by atoms with Crippen LogP contribution in [-0.2, 0) is 0 Å². The summed E-state index contributed by atoms with van der Waals surface area (Å²) in [5, 5.41) is 7.78. The average molecular weight is 363 g/mol. The van der Waals surface area contributed by atoms with Crippen molar-refractivity contribution in [3.63, 3.8) is 0 Å². The van der Waals surface area contributed by atoms with Crippen molar-refractivity contribution in [3.05, 3.63) is 95.0 Å². The van der Waals surface area contributed by atoms with Gasteiger partial charge in [0.1, 0.15) is 5.75 Å². The smallest absolute Gasteiger partial charge is 0.119 e. The van der Waals surface area contributed by atoms with Gasteiger partial charge < -0.3 is 4.74 Å². The third kappa shape index (κ3) is 3.31. The van der Waals surface area contributed by atoms with E-state index in [9.17, 15) is 0 Å². The number of methoxy groups -OCH3 is 1. The highest BCUT2D eigenvalue weighted by Crippen LogP contribution is 2.37. The lowest BCUT2D eigenvalue weighted by atomic mass is 9.98. The van der Waals surface area contributed by atoms with Gasteiger partial charge in [0, 0.05) is 17.0 Å². The van der Waals surface area contributed by atoms with Gasteiger partial charge in [0.25, 0.3) is 0 Å². The lowest BCUT2D eigenvalue weighted by Gasteiger charge is -2.24. The lowest BCUT2D eigenvalue weighted by Crippen LogP contribution is -2.18. The minimum Gasteiger partial charge on any atom is -0.497 e. The molecule has 4 rings (SSSR count). The summed E-state index contributed by atoms with van der Waals surface area (Å²) in [7, 11) is 1.68. The molecule has 0 aromatic heterocycles. The van der Waals surface area contributed by atoms with E-state index in [0.717, 1.165) is 34.2 Å². The van der Waals surface area contributed by atoms with E-state index in [1.807, 2.05) is 48.5 Å². The summed E-state index contributed by atoms with van der Waals surface area (Å²) in [6.07, 6.45) is 0.823. The standard InChI is InChI=1S/C22H19ClN2O/c1-26-20-9-5-6-17(14-20)21-15-22(16-10-12-18(23)13-11-16)25(24-21)19-7-3-2-4-8-19/h2-14,22H,15H2,1H3. The van der Waals surface area contributed by atoms with Crippen molar-refractivity contribution >= 4 is 23.0 Å². The summed E-state index contributed by atoms with van der Waals surface area (Å²) in [5.41, 5.74) is 4.40. The van der Waals surface area contributed by atoms with Crippen LogP contribution in [0.3, 0.4) is 0 Å². The van der Waals surface area contributed by atoms with Gasteiger partial charge in [0.2, 0.25) is 0 Å². The van der Waals surface area contributed by atoms with E-state index < -0.39 is 0 Å². The van der Waals surface area contributed by atoms with E-state index in [2.05, 4.69) is 35.3 Å². The van der Waals surface area contributed by atoms with Gasteiger partial charge in [-0.3, -0.25) is 5.01 Å². The molecule has 0 saturated carbocycles. The molecule has 3 aromatic rings. The van der Waals surface area contributed by atoms with Crippen molar-refractivity contribution in [1.82, 2.24) is 0 Å². The first-order valence-corrected chi connectivity index (χ1v) is 8.94. The normalized spacial score (nSPS) is 16.5. The van der Waals surface area contributed by atoms with Crippen molar-refractivity contribution in [2.75, 3.05) is 12.1 Å². The number of hydrogen-bond acceptors (Lipinski definition) is 3.